The summed E-state index contributed by atoms with van der Waals surface area (Å²) in [6.07, 6.45) is 0. The highest BCUT2D eigenvalue weighted by Crippen LogP contribution is 2.21. The summed E-state index contributed by atoms with van der Waals surface area (Å²) in [5.41, 5.74) is 0. The average molecular weight is 283 g/mol. The van der Waals surface area contributed by atoms with Crippen LogP contribution in [-0.4, -0.2) is 17.3 Å². The molecular weight excluding hydrogens is 274 g/mol. The van der Waals surface area contributed by atoms with Crippen molar-refractivity contribution < 1.29 is 4.79 Å². The third-order valence-corrected chi connectivity index (χ3v) is 2.89. The Morgan fingerprint density at radius 3 is 2.92 bits per heavy atom. The van der Waals surface area contributed by atoms with Crippen molar-refractivity contribution >= 4 is 44.8 Å². The molecule has 1 atom stereocenters. The van der Waals surface area contributed by atoms with Gasteiger partial charge in [0, 0.05) is 11.4 Å². The van der Waals surface area contributed by atoms with Crippen LogP contribution in [0.15, 0.2) is 12.1 Å². The molecule has 1 unspecified atom stereocenters. The van der Waals surface area contributed by atoms with E-state index in [1.54, 1.807) is 12.1 Å². The number of rotatable bonds is 3. The van der Waals surface area contributed by atoms with Crippen LogP contribution < -0.4 is 5.32 Å². The lowest BCUT2D eigenvalue weighted by Crippen LogP contribution is -2.27. The fourth-order valence-electron chi connectivity index (χ4n) is 0.757. The van der Waals surface area contributed by atoms with Crippen molar-refractivity contribution in [2.45, 2.75) is 11.8 Å². The van der Waals surface area contributed by atoms with Crippen LogP contribution in [0.3, 0.4) is 0 Å². The Labute approximate surface area is 94.4 Å². The number of hydrogen-bond acceptors (Lipinski definition) is 2. The van der Waals surface area contributed by atoms with Gasteiger partial charge in [0.2, 0.25) is 0 Å². The molecule has 72 valence electrons. The molecule has 0 radical (unpaired) electrons. The lowest BCUT2D eigenvalue weighted by Gasteiger charge is -2.04. The lowest BCUT2D eigenvalue weighted by atomic mass is 10.4. The first kappa shape index (κ1) is 11.0. The summed E-state index contributed by atoms with van der Waals surface area (Å²) < 4.78 is 0.636. The van der Waals surface area contributed by atoms with Crippen LogP contribution in [0.5, 0.6) is 0 Å². The highest BCUT2D eigenvalue weighted by atomic mass is 79.9. The van der Waals surface area contributed by atoms with Crippen molar-refractivity contribution in [3.63, 3.8) is 0 Å². The highest BCUT2D eigenvalue weighted by Gasteiger charge is 2.08. The molecule has 0 fully saturated rings. The van der Waals surface area contributed by atoms with Crippen LogP contribution in [0, 0.1) is 0 Å². The number of alkyl halides is 1. The van der Waals surface area contributed by atoms with Crippen molar-refractivity contribution in [3.05, 3.63) is 21.3 Å². The minimum absolute atomic E-state index is 0.0665. The third kappa shape index (κ3) is 3.67. The van der Waals surface area contributed by atoms with Gasteiger partial charge >= 0.3 is 0 Å². The Morgan fingerprint density at radius 2 is 2.46 bits per heavy atom. The molecule has 0 aromatic carbocycles. The Hall–Kier alpha value is -0.0600. The van der Waals surface area contributed by atoms with Gasteiger partial charge in [-0.1, -0.05) is 34.5 Å². The van der Waals surface area contributed by atoms with E-state index in [1.807, 2.05) is 6.92 Å². The monoisotopic (exact) mass is 281 g/mol. The Balaban J connectivity index is 2.49. The molecule has 0 aliphatic heterocycles. The zero-order valence-electron chi connectivity index (χ0n) is 7.01. The maximum Gasteiger partial charge on any atom is 0.261 e. The number of nitrogens with one attached hydrogen (secondary N) is 1. The maximum absolute atomic E-state index is 11.4. The molecule has 1 aromatic heterocycles. The molecule has 0 spiro atoms. The number of carbonyl (C=O) groups excluding carboxylic acids is 1. The number of halogens is 2. The quantitative estimate of drug-likeness (QED) is 0.849. The second-order valence-electron chi connectivity index (χ2n) is 2.59. The predicted molar refractivity (Wildman–Crippen MR) is 60.1 cm³/mol. The van der Waals surface area contributed by atoms with E-state index >= 15 is 0 Å². The van der Waals surface area contributed by atoms with E-state index < -0.39 is 0 Å². The van der Waals surface area contributed by atoms with Gasteiger partial charge in [0.25, 0.3) is 5.91 Å². The topological polar surface area (TPSA) is 29.1 Å². The molecule has 1 aromatic rings. The van der Waals surface area contributed by atoms with Gasteiger partial charge in [-0.3, -0.25) is 4.79 Å². The van der Waals surface area contributed by atoms with E-state index in [-0.39, 0.29) is 10.7 Å². The molecule has 0 aliphatic carbocycles. The summed E-state index contributed by atoms with van der Waals surface area (Å²) in [5, 5.41) is 2.78. The standard InChI is InChI=1S/C8H9BrClNOS/c1-5(9)4-11-8(12)6-2-3-7(10)13-6/h2-3,5H,4H2,1H3,(H,11,12). The van der Waals surface area contributed by atoms with Gasteiger partial charge in [-0.25, -0.2) is 0 Å². The molecule has 0 aliphatic rings. The van der Waals surface area contributed by atoms with Crippen LogP contribution in [0.1, 0.15) is 16.6 Å². The molecule has 0 saturated heterocycles. The summed E-state index contributed by atoms with van der Waals surface area (Å²) in [6, 6.07) is 3.44. The van der Waals surface area contributed by atoms with Gasteiger partial charge in [-0.2, -0.15) is 0 Å². The van der Waals surface area contributed by atoms with Crippen molar-refractivity contribution in [2.24, 2.45) is 0 Å². The van der Waals surface area contributed by atoms with Gasteiger partial charge < -0.3 is 5.32 Å². The number of amides is 1. The molecule has 1 rings (SSSR count). The zero-order chi connectivity index (χ0) is 9.84. The number of carbonyl (C=O) groups is 1. The SMILES string of the molecule is CC(Br)CNC(=O)c1ccc(Cl)s1. The van der Waals surface area contributed by atoms with Gasteiger partial charge in [0.15, 0.2) is 0 Å². The summed E-state index contributed by atoms with van der Waals surface area (Å²) in [6.45, 7) is 2.59. The van der Waals surface area contributed by atoms with Crippen molar-refractivity contribution in [1.82, 2.24) is 5.32 Å². The first-order chi connectivity index (χ1) is 6.09. The van der Waals surface area contributed by atoms with E-state index in [4.69, 9.17) is 11.6 Å². The molecule has 0 saturated carbocycles. The molecule has 13 heavy (non-hydrogen) atoms. The minimum atomic E-state index is -0.0665. The molecule has 1 N–H and O–H groups in total. The fourth-order valence-corrected chi connectivity index (χ4v) is 1.88. The summed E-state index contributed by atoms with van der Waals surface area (Å²) in [5.74, 6) is -0.0665. The Bertz CT molecular complexity index is 300. The first-order valence-corrected chi connectivity index (χ1v) is 5.88. The van der Waals surface area contributed by atoms with Gasteiger partial charge in [-0.15, -0.1) is 11.3 Å². The van der Waals surface area contributed by atoms with Crippen LogP contribution in [0.25, 0.3) is 0 Å². The van der Waals surface area contributed by atoms with Crippen LogP contribution in [0.2, 0.25) is 4.34 Å². The normalized spacial score (nSPS) is 12.5. The lowest BCUT2D eigenvalue weighted by molar-refractivity contribution is 0.0958. The molecular formula is C8H9BrClNOS. The fraction of sp³-hybridized carbons (Fsp3) is 0.375. The van der Waals surface area contributed by atoms with Crippen molar-refractivity contribution in [1.29, 1.82) is 0 Å². The smallest absolute Gasteiger partial charge is 0.261 e. The largest absolute Gasteiger partial charge is 0.350 e. The van der Waals surface area contributed by atoms with E-state index in [1.165, 1.54) is 11.3 Å². The molecule has 2 nitrogen and oxygen atoms in total. The van der Waals surface area contributed by atoms with Crippen molar-refractivity contribution in [2.75, 3.05) is 6.54 Å². The zero-order valence-corrected chi connectivity index (χ0v) is 10.2. The third-order valence-electron chi connectivity index (χ3n) is 1.34. The second-order valence-corrected chi connectivity index (χ2v) is 5.87. The van der Waals surface area contributed by atoms with E-state index in [9.17, 15) is 4.79 Å². The van der Waals surface area contributed by atoms with Gasteiger partial charge in [0.1, 0.15) is 0 Å². The summed E-state index contributed by atoms with van der Waals surface area (Å²) in [7, 11) is 0. The van der Waals surface area contributed by atoms with Crippen molar-refractivity contribution in [3.8, 4) is 0 Å². The second kappa shape index (κ2) is 4.98. The van der Waals surface area contributed by atoms with Gasteiger partial charge in [-0.05, 0) is 12.1 Å². The van der Waals surface area contributed by atoms with E-state index in [0.717, 1.165) is 0 Å². The Morgan fingerprint density at radius 1 is 1.77 bits per heavy atom. The molecule has 0 bridgehead atoms. The first-order valence-electron chi connectivity index (χ1n) is 3.77. The minimum Gasteiger partial charge on any atom is -0.350 e. The van der Waals surface area contributed by atoms with E-state index in [2.05, 4.69) is 21.2 Å². The van der Waals surface area contributed by atoms with Crippen LogP contribution >= 0.6 is 38.9 Å². The van der Waals surface area contributed by atoms with Gasteiger partial charge in [0.05, 0.1) is 9.21 Å². The van der Waals surface area contributed by atoms with E-state index in [0.29, 0.717) is 15.8 Å². The predicted octanol–water partition coefficient (Wildman–Crippen LogP) is 2.91. The van der Waals surface area contributed by atoms with Crippen LogP contribution in [0.4, 0.5) is 0 Å². The number of hydrogen-bond donors (Lipinski definition) is 1. The molecule has 1 amide bonds. The van der Waals surface area contributed by atoms with Crippen LogP contribution in [-0.2, 0) is 0 Å². The maximum atomic E-state index is 11.4. The summed E-state index contributed by atoms with van der Waals surface area (Å²) >= 11 is 10.3. The number of thiophene rings is 1. The molecule has 1 heterocycles. The highest BCUT2D eigenvalue weighted by molar-refractivity contribution is 9.09. The molecule has 5 heteroatoms. The Kier molecular flexibility index (Phi) is 4.22. The summed E-state index contributed by atoms with van der Waals surface area (Å²) in [4.78, 5) is 12.3. The average Bonchev–Trinajstić information content (AvgIpc) is 2.47.